The molecule has 0 aromatic rings. The standard InChI is InChI=1S/C40H70N4O8/c1-31(45)19-9-4-6-11-23-36(48)29-34(39(41)51)21-14-18-28-44-40(52)35(30-37(49)24-12-7-5-10-20-32(2)46)22-15-17-27-43-38(50)25-13-8-16-26-42-33(3)47/h34-35H,4-30H2,1-3H3,(H2,41,51)(H,42,47)(H,43,50)(H,44,52). The number of primary amides is 1. The number of hydrogen-bond acceptors (Lipinski definition) is 8. The van der Waals surface area contributed by atoms with Crippen molar-refractivity contribution in [2.45, 2.75) is 175 Å². The highest BCUT2D eigenvalue weighted by Crippen LogP contribution is 2.18. The Morgan fingerprint density at radius 3 is 1.35 bits per heavy atom. The monoisotopic (exact) mass is 735 g/mol. The summed E-state index contributed by atoms with van der Waals surface area (Å²) in [6.07, 6.45) is 15.3. The Kier molecular flexibility index (Phi) is 30.1. The van der Waals surface area contributed by atoms with E-state index in [4.69, 9.17) is 5.73 Å². The van der Waals surface area contributed by atoms with Gasteiger partial charge in [-0.15, -0.1) is 0 Å². The van der Waals surface area contributed by atoms with Crippen molar-refractivity contribution in [3.63, 3.8) is 0 Å². The maximum absolute atomic E-state index is 13.2. The van der Waals surface area contributed by atoms with E-state index in [2.05, 4.69) is 16.0 Å². The van der Waals surface area contributed by atoms with Gasteiger partial charge in [-0.1, -0.05) is 44.9 Å². The summed E-state index contributed by atoms with van der Waals surface area (Å²) < 4.78 is 0. The van der Waals surface area contributed by atoms with E-state index in [0.717, 1.165) is 70.6 Å². The van der Waals surface area contributed by atoms with Crippen LogP contribution in [0.25, 0.3) is 0 Å². The molecule has 0 aliphatic rings. The SMILES string of the molecule is CC(=O)CCCCCCC(=O)CC(CCCCNC(=O)C(CCCCNC(=O)CCCCCNC(C)=O)CC(=O)CCCCCCC(C)=O)C(N)=O. The molecule has 0 aromatic carbocycles. The van der Waals surface area contributed by atoms with Crippen LogP contribution in [0.3, 0.4) is 0 Å². The van der Waals surface area contributed by atoms with E-state index in [0.29, 0.717) is 90.3 Å². The lowest BCUT2D eigenvalue weighted by Crippen LogP contribution is -2.33. The molecule has 0 aromatic heterocycles. The Morgan fingerprint density at radius 1 is 0.442 bits per heavy atom. The number of carbonyl (C=O) groups excluding carboxylic acids is 8. The lowest BCUT2D eigenvalue weighted by molar-refractivity contribution is -0.129. The minimum atomic E-state index is -0.538. The molecule has 0 aliphatic heterocycles. The third kappa shape index (κ3) is 31.3. The van der Waals surface area contributed by atoms with Crippen LogP contribution < -0.4 is 21.7 Å². The smallest absolute Gasteiger partial charge is 0.223 e. The zero-order valence-electron chi connectivity index (χ0n) is 32.6. The van der Waals surface area contributed by atoms with Crippen molar-refractivity contribution < 1.29 is 38.4 Å². The van der Waals surface area contributed by atoms with Gasteiger partial charge in [-0.25, -0.2) is 0 Å². The molecule has 12 nitrogen and oxygen atoms in total. The minimum absolute atomic E-state index is 0.0158. The van der Waals surface area contributed by atoms with E-state index >= 15 is 0 Å². The number of carbonyl (C=O) groups is 8. The average Bonchev–Trinajstić information content (AvgIpc) is 3.07. The van der Waals surface area contributed by atoms with Crippen molar-refractivity contribution in [3.05, 3.63) is 0 Å². The van der Waals surface area contributed by atoms with E-state index in [1.165, 1.54) is 6.92 Å². The third-order valence-corrected chi connectivity index (χ3v) is 9.22. The Hall–Kier alpha value is -3.44. The summed E-state index contributed by atoms with van der Waals surface area (Å²) in [6.45, 7) is 6.13. The summed E-state index contributed by atoms with van der Waals surface area (Å²) in [5, 5.41) is 8.62. The van der Waals surface area contributed by atoms with Crippen molar-refractivity contribution in [1.29, 1.82) is 0 Å². The van der Waals surface area contributed by atoms with Gasteiger partial charge >= 0.3 is 0 Å². The van der Waals surface area contributed by atoms with Gasteiger partial charge < -0.3 is 31.3 Å². The van der Waals surface area contributed by atoms with E-state index in [1.54, 1.807) is 13.8 Å². The van der Waals surface area contributed by atoms with Gasteiger partial charge in [0.05, 0.1) is 0 Å². The summed E-state index contributed by atoms with van der Waals surface area (Å²) in [4.78, 5) is 95.7. The fourth-order valence-electron chi connectivity index (χ4n) is 6.08. The van der Waals surface area contributed by atoms with Crippen LogP contribution in [-0.2, 0) is 38.4 Å². The maximum Gasteiger partial charge on any atom is 0.223 e. The van der Waals surface area contributed by atoms with Crippen LogP contribution in [0.2, 0.25) is 0 Å². The lowest BCUT2D eigenvalue weighted by Gasteiger charge is -2.17. The van der Waals surface area contributed by atoms with Crippen molar-refractivity contribution >= 4 is 46.8 Å². The fourth-order valence-corrected chi connectivity index (χ4v) is 6.08. The zero-order valence-corrected chi connectivity index (χ0v) is 32.6. The highest BCUT2D eigenvalue weighted by molar-refractivity contribution is 5.87. The first-order valence-corrected chi connectivity index (χ1v) is 19.9. The number of rotatable bonds is 36. The molecule has 5 N–H and O–H groups in total. The largest absolute Gasteiger partial charge is 0.369 e. The van der Waals surface area contributed by atoms with E-state index < -0.39 is 17.7 Å². The molecule has 0 rings (SSSR count). The highest BCUT2D eigenvalue weighted by Gasteiger charge is 2.22. The number of hydrogen-bond donors (Lipinski definition) is 4. The van der Waals surface area contributed by atoms with Gasteiger partial charge in [0.2, 0.25) is 23.6 Å². The summed E-state index contributed by atoms with van der Waals surface area (Å²) in [6, 6.07) is 0. The fraction of sp³-hybridized carbons (Fsp3) is 0.800. The molecule has 2 atom stereocenters. The molecule has 52 heavy (non-hydrogen) atoms. The van der Waals surface area contributed by atoms with Crippen molar-refractivity contribution in [2.24, 2.45) is 17.6 Å². The second-order valence-electron chi connectivity index (χ2n) is 14.4. The molecule has 0 aliphatic carbocycles. The topological polar surface area (TPSA) is 199 Å². The van der Waals surface area contributed by atoms with Gasteiger partial charge in [-0.05, 0) is 78.1 Å². The first-order valence-electron chi connectivity index (χ1n) is 19.9. The minimum Gasteiger partial charge on any atom is -0.369 e. The average molecular weight is 735 g/mol. The molecule has 0 heterocycles. The zero-order chi connectivity index (χ0) is 39.0. The van der Waals surface area contributed by atoms with Gasteiger partial charge in [0.15, 0.2) is 0 Å². The molecule has 4 amide bonds. The summed E-state index contributed by atoms with van der Waals surface area (Å²) in [5.74, 6) is -1.36. The van der Waals surface area contributed by atoms with Gasteiger partial charge in [0, 0.05) is 83.3 Å². The number of ketones is 4. The Labute approximate surface area is 312 Å². The molecule has 0 radical (unpaired) electrons. The number of nitrogens with two attached hydrogens (primary N) is 1. The van der Waals surface area contributed by atoms with Gasteiger partial charge in [0.25, 0.3) is 0 Å². The molecule has 298 valence electrons. The van der Waals surface area contributed by atoms with Gasteiger partial charge in [-0.2, -0.15) is 0 Å². The number of nitrogens with one attached hydrogen (secondary N) is 3. The molecular weight excluding hydrogens is 664 g/mol. The Balaban J connectivity index is 4.67. The number of amides is 4. The summed E-state index contributed by atoms with van der Waals surface area (Å²) in [5.41, 5.74) is 5.58. The van der Waals surface area contributed by atoms with Crippen LogP contribution in [-0.4, -0.2) is 66.4 Å². The molecule has 12 heteroatoms. The molecular formula is C40H70N4O8. The van der Waals surface area contributed by atoms with Crippen molar-refractivity contribution in [3.8, 4) is 0 Å². The van der Waals surface area contributed by atoms with Gasteiger partial charge in [-0.3, -0.25) is 28.8 Å². The second kappa shape index (κ2) is 32.2. The Bertz CT molecular complexity index is 1090. The highest BCUT2D eigenvalue weighted by atomic mass is 16.2. The van der Waals surface area contributed by atoms with Crippen LogP contribution in [0.5, 0.6) is 0 Å². The molecule has 0 saturated carbocycles. The summed E-state index contributed by atoms with van der Waals surface area (Å²) >= 11 is 0. The van der Waals surface area contributed by atoms with Crippen molar-refractivity contribution in [2.75, 3.05) is 19.6 Å². The molecule has 0 spiro atoms. The van der Waals surface area contributed by atoms with E-state index in [-0.39, 0.29) is 53.7 Å². The second-order valence-corrected chi connectivity index (χ2v) is 14.4. The Morgan fingerprint density at radius 2 is 0.846 bits per heavy atom. The first kappa shape index (κ1) is 48.6. The van der Waals surface area contributed by atoms with Crippen LogP contribution in [0.1, 0.15) is 175 Å². The van der Waals surface area contributed by atoms with E-state index in [9.17, 15) is 38.4 Å². The van der Waals surface area contributed by atoms with Crippen LogP contribution >= 0.6 is 0 Å². The lowest BCUT2D eigenvalue weighted by atomic mass is 9.92. The third-order valence-electron chi connectivity index (χ3n) is 9.22. The van der Waals surface area contributed by atoms with Crippen LogP contribution in [0.4, 0.5) is 0 Å². The van der Waals surface area contributed by atoms with E-state index in [1.807, 2.05) is 0 Å². The number of unbranched alkanes of at least 4 members (excludes halogenated alkanes) is 10. The van der Waals surface area contributed by atoms with Crippen LogP contribution in [0.15, 0.2) is 0 Å². The van der Waals surface area contributed by atoms with Crippen LogP contribution in [0, 0.1) is 11.8 Å². The first-order chi connectivity index (χ1) is 24.8. The molecule has 0 bridgehead atoms. The predicted molar refractivity (Wildman–Crippen MR) is 203 cm³/mol. The van der Waals surface area contributed by atoms with Crippen molar-refractivity contribution in [1.82, 2.24) is 16.0 Å². The predicted octanol–water partition coefficient (Wildman–Crippen LogP) is 5.75. The molecule has 0 saturated heterocycles. The quantitative estimate of drug-likeness (QED) is 0.0583. The van der Waals surface area contributed by atoms with Gasteiger partial charge in [0.1, 0.15) is 23.1 Å². The molecule has 2 unspecified atom stereocenters. The summed E-state index contributed by atoms with van der Waals surface area (Å²) in [7, 11) is 0. The molecule has 0 fully saturated rings. The maximum atomic E-state index is 13.2. The number of Topliss-reactive ketones (excluding diaryl/α,β-unsaturated/α-hetero) is 4. The normalized spacial score (nSPS) is 12.1.